The molecule has 1 aliphatic rings. The summed E-state index contributed by atoms with van der Waals surface area (Å²) >= 11 is 0. The molecule has 0 amide bonds. The Morgan fingerprint density at radius 2 is 2.29 bits per heavy atom. The van der Waals surface area contributed by atoms with Crippen LogP contribution in [-0.4, -0.2) is 36.2 Å². The topological polar surface area (TPSA) is 23.5 Å². The normalized spacial score (nSPS) is 34.5. The lowest BCUT2D eigenvalue weighted by Crippen LogP contribution is -2.49. The van der Waals surface area contributed by atoms with Crippen molar-refractivity contribution < 1.29 is 5.11 Å². The van der Waals surface area contributed by atoms with E-state index in [9.17, 15) is 5.11 Å². The zero-order chi connectivity index (χ0) is 10.8. The van der Waals surface area contributed by atoms with Gasteiger partial charge in [-0.25, -0.2) is 0 Å². The van der Waals surface area contributed by atoms with Gasteiger partial charge in [-0.15, -0.1) is 6.58 Å². The molecule has 1 aliphatic carbocycles. The summed E-state index contributed by atoms with van der Waals surface area (Å²) in [5.74, 6) is 0. The molecule has 3 atom stereocenters. The average Bonchev–Trinajstić information content (AvgIpc) is 2.16. The third-order valence-electron chi connectivity index (χ3n) is 3.30. The second kappa shape index (κ2) is 4.28. The van der Waals surface area contributed by atoms with Crippen molar-refractivity contribution in [3.05, 3.63) is 24.8 Å². The molecular formula is C12H21NO. The van der Waals surface area contributed by atoms with Crippen LogP contribution in [-0.2, 0) is 0 Å². The lowest BCUT2D eigenvalue weighted by atomic mass is 9.70. The Kier molecular flexibility index (Phi) is 3.51. The van der Waals surface area contributed by atoms with Crippen molar-refractivity contribution in [1.29, 1.82) is 0 Å². The Labute approximate surface area is 86.9 Å². The van der Waals surface area contributed by atoms with Gasteiger partial charge in [-0.05, 0) is 26.9 Å². The minimum Gasteiger partial charge on any atom is -0.388 e. The Bertz CT molecular complexity index is 234. The van der Waals surface area contributed by atoms with Crippen molar-refractivity contribution in [3.8, 4) is 0 Å². The molecule has 0 saturated heterocycles. The van der Waals surface area contributed by atoms with Gasteiger partial charge < -0.3 is 10.0 Å². The van der Waals surface area contributed by atoms with E-state index in [0.29, 0.717) is 6.04 Å². The van der Waals surface area contributed by atoms with Gasteiger partial charge in [0.2, 0.25) is 0 Å². The minimum absolute atomic E-state index is 0.0972. The molecule has 2 heteroatoms. The maximum absolute atomic E-state index is 9.98. The number of aliphatic hydroxyl groups is 1. The molecule has 0 spiro atoms. The van der Waals surface area contributed by atoms with Crippen molar-refractivity contribution in [1.82, 2.24) is 4.90 Å². The highest BCUT2D eigenvalue weighted by molar-refractivity contribution is 5.12. The highest BCUT2D eigenvalue weighted by atomic mass is 16.3. The molecule has 3 unspecified atom stereocenters. The van der Waals surface area contributed by atoms with Crippen LogP contribution in [0.4, 0.5) is 0 Å². The average molecular weight is 195 g/mol. The molecule has 0 fully saturated rings. The first kappa shape index (κ1) is 11.5. The number of hydrogen-bond donors (Lipinski definition) is 1. The molecule has 0 aromatic heterocycles. The Morgan fingerprint density at radius 3 is 2.79 bits per heavy atom. The van der Waals surface area contributed by atoms with Crippen LogP contribution in [0.25, 0.3) is 0 Å². The third-order valence-corrected chi connectivity index (χ3v) is 3.30. The molecule has 0 aliphatic heterocycles. The molecule has 0 aromatic carbocycles. The summed E-state index contributed by atoms with van der Waals surface area (Å²) in [6.07, 6.45) is 7.67. The van der Waals surface area contributed by atoms with Gasteiger partial charge in [0.15, 0.2) is 0 Å². The van der Waals surface area contributed by atoms with E-state index in [1.165, 1.54) is 0 Å². The highest BCUT2D eigenvalue weighted by Gasteiger charge is 2.40. The zero-order valence-corrected chi connectivity index (χ0v) is 9.40. The largest absolute Gasteiger partial charge is 0.388 e. The van der Waals surface area contributed by atoms with E-state index in [1.54, 1.807) is 6.08 Å². The van der Waals surface area contributed by atoms with Crippen LogP contribution in [0.1, 0.15) is 19.8 Å². The first-order chi connectivity index (χ1) is 6.52. The van der Waals surface area contributed by atoms with Gasteiger partial charge >= 0.3 is 0 Å². The lowest BCUT2D eigenvalue weighted by molar-refractivity contribution is 0.0146. The molecular weight excluding hydrogens is 174 g/mol. The van der Waals surface area contributed by atoms with E-state index < -0.39 is 6.10 Å². The summed E-state index contributed by atoms with van der Waals surface area (Å²) in [5, 5.41) is 9.98. The number of rotatable bonds is 3. The predicted octanol–water partition coefficient (Wildman–Crippen LogP) is 1.82. The summed E-state index contributed by atoms with van der Waals surface area (Å²) in [5.41, 5.74) is -0.0972. The molecule has 0 radical (unpaired) electrons. The van der Waals surface area contributed by atoms with Gasteiger partial charge in [-0.2, -0.15) is 0 Å². The van der Waals surface area contributed by atoms with E-state index in [-0.39, 0.29) is 5.41 Å². The van der Waals surface area contributed by atoms with E-state index in [0.717, 1.165) is 12.8 Å². The molecule has 80 valence electrons. The predicted molar refractivity (Wildman–Crippen MR) is 60.2 cm³/mol. The fourth-order valence-corrected chi connectivity index (χ4v) is 2.34. The summed E-state index contributed by atoms with van der Waals surface area (Å²) in [4.78, 5) is 2.16. The maximum atomic E-state index is 9.98. The first-order valence-corrected chi connectivity index (χ1v) is 5.16. The monoisotopic (exact) mass is 195 g/mol. The SMILES string of the molecule is C=CC(O)C1(C)CCC=CC1N(C)C. The van der Waals surface area contributed by atoms with Gasteiger partial charge in [-0.1, -0.05) is 25.2 Å². The van der Waals surface area contributed by atoms with E-state index in [1.807, 2.05) is 14.1 Å². The van der Waals surface area contributed by atoms with Gasteiger partial charge in [0.25, 0.3) is 0 Å². The summed E-state index contributed by atoms with van der Waals surface area (Å²) in [7, 11) is 4.10. The van der Waals surface area contributed by atoms with E-state index in [2.05, 4.69) is 30.6 Å². The smallest absolute Gasteiger partial charge is 0.0790 e. The van der Waals surface area contributed by atoms with Gasteiger partial charge in [0.05, 0.1) is 6.10 Å². The molecule has 1 N–H and O–H groups in total. The fourth-order valence-electron chi connectivity index (χ4n) is 2.34. The summed E-state index contributed by atoms with van der Waals surface area (Å²) in [6.45, 7) is 5.81. The molecule has 0 saturated carbocycles. The number of allylic oxidation sites excluding steroid dienone is 1. The molecule has 14 heavy (non-hydrogen) atoms. The third kappa shape index (κ3) is 1.91. The molecule has 1 rings (SSSR count). The number of likely N-dealkylation sites (N-methyl/N-ethyl adjacent to an activating group) is 1. The van der Waals surface area contributed by atoms with Crippen LogP contribution in [0, 0.1) is 5.41 Å². The van der Waals surface area contributed by atoms with Crippen LogP contribution in [0.5, 0.6) is 0 Å². The van der Waals surface area contributed by atoms with Crippen LogP contribution in [0.2, 0.25) is 0 Å². The number of nitrogens with zero attached hydrogens (tertiary/aromatic N) is 1. The summed E-state index contributed by atoms with van der Waals surface area (Å²) in [6, 6.07) is 0.296. The van der Waals surface area contributed by atoms with Crippen LogP contribution < -0.4 is 0 Å². The second-order valence-corrected chi connectivity index (χ2v) is 4.56. The number of hydrogen-bond acceptors (Lipinski definition) is 2. The molecule has 0 heterocycles. The maximum Gasteiger partial charge on any atom is 0.0790 e. The first-order valence-electron chi connectivity index (χ1n) is 5.16. The molecule has 0 bridgehead atoms. The van der Waals surface area contributed by atoms with Crippen molar-refractivity contribution in [2.45, 2.75) is 31.9 Å². The van der Waals surface area contributed by atoms with E-state index >= 15 is 0 Å². The van der Waals surface area contributed by atoms with Crippen LogP contribution in [0.3, 0.4) is 0 Å². The fraction of sp³-hybridized carbons (Fsp3) is 0.667. The zero-order valence-electron chi connectivity index (χ0n) is 9.40. The van der Waals surface area contributed by atoms with Gasteiger partial charge in [-0.3, -0.25) is 0 Å². The minimum atomic E-state index is -0.431. The van der Waals surface area contributed by atoms with Crippen molar-refractivity contribution >= 4 is 0 Å². The Morgan fingerprint density at radius 1 is 1.64 bits per heavy atom. The standard InChI is InChI=1S/C12H21NO/c1-5-11(14)12(2)9-7-6-8-10(12)13(3)4/h5-6,8,10-11,14H,1,7,9H2,2-4H3. The highest BCUT2D eigenvalue weighted by Crippen LogP contribution is 2.38. The Balaban J connectivity index is 2.93. The van der Waals surface area contributed by atoms with Gasteiger partial charge in [0.1, 0.15) is 0 Å². The van der Waals surface area contributed by atoms with Crippen molar-refractivity contribution in [3.63, 3.8) is 0 Å². The van der Waals surface area contributed by atoms with Crippen molar-refractivity contribution in [2.24, 2.45) is 5.41 Å². The Hall–Kier alpha value is -0.600. The number of aliphatic hydroxyl groups excluding tert-OH is 1. The van der Waals surface area contributed by atoms with Crippen molar-refractivity contribution in [2.75, 3.05) is 14.1 Å². The molecule has 0 aromatic rings. The summed E-state index contributed by atoms with van der Waals surface area (Å²) < 4.78 is 0. The second-order valence-electron chi connectivity index (χ2n) is 4.56. The van der Waals surface area contributed by atoms with Gasteiger partial charge in [0, 0.05) is 11.5 Å². The van der Waals surface area contributed by atoms with Crippen LogP contribution >= 0.6 is 0 Å². The van der Waals surface area contributed by atoms with E-state index in [4.69, 9.17) is 0 Å². The quantitative estimate of drug-likeness (QED) is 0.694. The lowest BCUT2D eigenvalue weighted by Gasteiger charge is -2.44. The van der Waals surface area contributed by atoms with Crippen LogP contribution in [0.15, 0.2) is 24.8 Å². The molecule has 2 nitrogen and oxygen atoms in total.